The van der Waals surface area contributed by atoms with Gasteiger partial charge in [0.25, 0.3) is 0 Å². The number of hydrogen-bond acceptors (Lipinski definition) is 2. The largest absolute Gasteiger partial charge is 0.390 e. The summed E-state index contributed by atoms with van der Waals surface area (Å²) < 4.78 is 0. The van der Waals surface area contributed by atoms with Crippen LogP contribution in [-0.4, -0.2) is 16.5 Å². The van der Waals surface area contributed by atoms with E-state index >= 15 is 0 Å². The Hall–Kier alpha value is -0.630. The molecule has 0 saturated heterocycles. The molecule has 0 aromatic rings. The maximum atomic E-state index is 11.8. The van der Waals surface area contributed by atoms with Crippen LogP contribution in [-0.2, 0) is 4.79 Å². The summed E-state index contributed by atoms with van der Waals surface area (Å²) in [5.41, 5.74) is -0.458. The number of carbonyl (C=O) groups excluding carboxylic acids is 1. The fraction of sp³-hybridized carbons (Fsp3) is 0.800. The fourth-order valence-corrected chi connectivity index (χ4v) is 3.61. The molecule has 4 atom stereocenters. The second-order valence-corrected chi connectivity index (χ2v) is 6.76. The predicted octanol–water partition coefficient (Wildman–Crippen LogP) is 2.95. The molecule has 0 aliphatic heterocycles. The molecule has 2 aliphatic carbocycles. The molecule has 0 unspecified atom stereocenters. The first-order valence-corrected chi connectivity index (χ1v) is 6.69. The lowest BCUT2D eigenvalue weighted by Crippen LogP contribution is -2.46. The number of allylic oxidation sites excluding steroid dienone is 2. The third-order valence-electron chi connectivity index (χ3n) is 5.10. The second-order valence-electron chi connectivity index (χ2n) is 6.76. The van der Waals surface area contributed by atoms with Crippen LogP contribution in [0.25, 0.3) is 0 Å². The number of hydrogen-bond donors (Lipinski definition) is 1. The molecule has 2 nitrogen and oxygen atoms in total. The van der Waals surface area contributed by atoms with Crippen LogP contribution in [0.2, 0.25) is 0 Å². The van der Waals surface area contributed by atoms with Gasteiger partial charge in [-0.25, -0.2) is 0 Å². The van der Waals surface area contributed by atoms with Gasteiger partial charge >= 0.3 is 0 Å². The van der Waals surface area contributed by atoms with Crippen molar-refractivity contribution >= 4 is 5.78 Å². The molecule has 2 rings (SSSR count). The summed E-state index contributed by atoms with van der Waals surface area (Å²) in [6, 6.07) is 0. The molecule has 17 heavy (non-hydrogen) atoms. The van der Waals surface area contributed by atoms with Crippen molar-refractivity contribution < 1.29 is 9.90 Å². The molecule has 2 aliphatic rings. The van der Waals surface area contributed by atoms with E-state index in [1.165, 1.54) is 0 Å². The van der Waals surface area contributed by atoms with Crippen LogP contribution < -0.4 is 0 Å². The summed E-state index contributed by atoms with van der Waals surface area (Å²) in [7, 11) is 0. The van der Waals surface area contributed by atoms with Crippen molar-refractivity contribution in [3.05, 3.63) is 12.2 Å². The van der Waals surface area contributed by atoms with E-state index in [0.717, 1.165) is 19.3 Å². The minimum atomic E-state index is -0.620. The Morgan fingerprint density at radius 1 is 1.47 bits per heavy atom. The van der Waals surface area contributed by atoms with Crippen LogP contribution in [0.3, 0.4) is 0 Å². The third kappa shape index (κ3) is 2.20. The predicted molar refractivity (Wildman–Crippen MR) is 68.5 cm³/mol. The minimum Gasteiger partial charge on any atom is -0.390 e. The van der Waals surface area contributed by atoms with Crippen LogP contribution in [0.5, 0.6) is 0 Å². The van der Waals surface area contributed by atoms with Gasteiger partial charge in [-0.3, -0.25) is 4.79 Å². The topological polar surface area (TPSA) is 37.3 Å². The minimum absolute atomic E-state index is 0.107. The van der Waals surface area contributed by atoms with E-state index in [1.807, 2.05) is 20.8 Å². The molecule has 0 heterocycles. The highest BCUT2D eigenvalue weighted by Crippen LogP contribution is 2.52. The lowest BCUT2D eigenvalue weighted by molar-refractivity contribution is -0.124. The standard InChI is InChI=1S/C15H24O2/c1-10-12-9-11(14(2,3)17)5-7-15(12,4)8-6-13(10)16/h6,8,10-12,17H,5,7,9H2,1-4H3/t10-,11-,12+,15+/m0/s1. The molecule has 1 N–H and O–H groups in total. The SMILES string of the molecule is C[C@@H]1C(=O)C=C[C@@]2(C)CC[C@H](C(C)(C)O)C[C@H]12. The van der Waals surface area contributed by atoms with Crippen LogP contribution in [0, 0.1) is 23.2 Å². The zero-order chi connectivity index (χ0) is 12.8. The van der Waals surface area contributed by atoms with E-state index in [1.54, 1.807) is 6.08 Å². The molecule has 2 heteroatoms. The molecule has 0 bridgehead atoms. The van der Waals surface area contributed by atoms with Gasteiger partial charge in [0.1, 0.15) is 0 Å². The van der Waals surface area contributed by atoms with Crippen LogP contribution >= 0.6 is 0 Å². The molecule has 96 valence electrons. The smallest absolute Gasteiger partial charge is 0.158 e. The van der Waals surface area contributed by atoms with Crippen molar-refractivity contribution in [2.75, 3.05) is 0 Å². The summed E-state index contributed by atoms with van der Waals surface area (Å²) >= 11 is 0. The first-order chi connectivity index (χ1) is 7.74. The highest BCUT2D eigenvalue weighted by molar-refractivity contribution is 5.92. The van der Waals surface area contributed by atoms with Gasteiger partial charge < -0.3 is 5.11 Å². The van der Waals surface area contributed by atoms with E-state index < -0.39 is 5.60 Å². The first kappa shape index (κ1) is 12.8. The highest BCUT2D eigenvalue weighted by Gasteiger charge is 2.47. The van der Waals surface area contributed by atoms with Gasteiger partial charge in [0.2, 0.25) is 0 Å². The van der Waals surface area contributed by atoms with Gasteiger partial charge in [-0.15, -0.1) is 0 Å². The molecule has 0 spiro atoms. The van der Waals surface area contributed by atoms with Gasteiger partial charge in [-0.1, -0.05) is 19.9 Å². The normalized spacial score (nSPS) is 42.4. The lowest BCUT2D eigenvalue weighted by Gasteiger charge is -2.49. The Morgan fingerprint density at radius 3 is 2.71 bits per heavy atom. The van der Waals surface area contributed by atoms with E-state index in [2.05, 4.69) is 13.0 Å². The maximum Gasteiger partial charge on any atom is 0.158 e. The number of ketones is 1. The summed E-state index contributed by atoms with van der Waals surface area (Å²) in [5, 5.41) is 10.2. The molecule has 0 aromatic carbocycles. The Labute approximate surface area is 104 Å². The fourth-order valence-electron chi connectivity index (χ4n) is 3.61. The van der Waals surface area contributed by atoms with Gasteiger partial charge in [-0.2, -0.15) is 0 Å². The molecule has 0 amide bonds. The summed E-state index contributed by atoms with van der Waals surface area (Å²) in [4.78, 5) is 11.8. The van der Waals surface area contributed by atoms with Gasteiger partial charge in [0, 0.05) is 5.92 Å². The Bertz CT molecular complexity index is 350. The molecule has 0 aromatic heterocycles. The number of fused-ring (bicyclic) bond motifs is 1. The summed E-state index contributed by atoms with van der Waals surface area (Å²) in [6.07, 6.45) is 6.99. The van der Waals surface area contributed by atoms with E-state index in [-0.39, 0.29) is 17.1 Å². The van der Waals surface area contributed by atoms with Gasteiger partial charge in [0.05, 0.1) is 5.60 Å². The first-order valence-electron chi connectivity index (χ1n) is 6.69. The van der Waals surface area contributed by atoms with Crippen LogP contribution in [0.4, 0.5) is 0 Å². The Kier molecular flexibility index (Phi) is 2.97. The van der Waals surface area contributed by atoms with Crippen molar-refractivity contribution in [2.24, 2.45) is 23.2 Å². The van der Waals surface area contributed by atoms with Gasteiger partial charge in [-0.05, 0) is 56.4 Å². The average molecular weight is 236 g/mol. The third-order valence-corrected chi connectivity index (χ3v) is 5.10. The molecule has 1 fully saturated rings. The second kappa shape index (κ2) is 3.94. The number of carbonyl (C=O) groups is 1. The number of aliphatic hydroxyl groups is 1. The average Bonchev–Trinajstić information content (AvgIpc) is 2.22. The van der Waals surface area contributed by atoms with Gasteiger partial charge in [0.15, 0.2) is 5.78 Å². The lowest BCUT2D eigenvalue weighted by atomic mass is 9.56. The summed E-state index contributed by atoms with van der Waals surface area (Å²) in [5.74, 6) is 1.08. The van der Waals surface area contributed by atoms with Crippen LogP contribution in [0.1, 0.15) is 47.0 Å². The zero-order valence-corrected chi connectivity index (χ0v) is 11.4. The van der Waals surface area contributed by atoms with Crippen LogP contribution in [0.15, 0.2) is 12.2 Å². The number of rotatable bonds is 1. The zero-order valence-electron chi connectivity index (χ0n) is 11.4. The van der Waals surface area contributed by atoms with E-state index in [4.69, 9.17) is 0 Å². The molecule has 0 radical (unpaired) electrons. The van der Waals surface area contributed by atoms with Crippen molar-refractivity contribution in [2.45, 2.75) is 52.6 Å². The van der Waals surface area contributed by atoms with E-state index in [0.29, 0.717) is 11.8 Å². The highest BCUT2D eigenvalue weighted by atomic mass is 16.3. The monoisotopic (exact) mass is 236 g/mol. The van der Waals surface area contributed by atoms with Crippen molar-refractivity contribution in [1.29, 1.82) is 0 Å². The Morgan fingerprint density at radius 2 is 2.12 bits per heavy atom. The van der Waals surface area contributed by atoms with Crippen molar-refractivity contribution in [1.82, 2.24) is 0 Å². The molecular weight excluding hydrogens is 212 g/mol. The summed E-state index contributed by atoms with van der Waals surface area (Å²) in [6.45, 7) is 8.09. The molecule has 1 saturated carbocycles. The molecular formula is C15H24O2. The van der Waals surface area contributed by atoms with Crippen molar-refractivity contribution in [3.63, 3.8) is 0 Å². The maximum absolute atomic E-state index is 11.8. The van der Waals surface area contributed by atoms with E-state index in [9.17, 15) is 9.90 Å². The Balaban J connectivity index is 2.24. The quantitative estimate of drug-likeness (QED) is 0.760. The van der Waals surface area contributed by atoms with Crippen molar-refractivity contribution in [3.8, 4) is 0 Å².